The maximum Gasteiger partial charge on any atom is 0.220 e. The van der Waals surface area contributed by atoms with Crippen LogP contribution in [0.5, 0.6) is 0 Å². The highest BCUT2D eigenvalue weighted by molar-refractivity contribution is 6.30. The van der Waals surface area contributed by atoms with E-state index in [1.807, 2.05) is 24.3 Å². The van der Waals surface area contributed by atoms with Gasteiger partial charge in [-0.05, 0) is 62.4 Å². The zero-order valence-corrected chi connectivity index (χ0v) is 12.6. The van der Waals surface area contributed by atoms with Gasteiger partial charge < -0.3 is 10.6 Å². The van der Waals surface area contributed by atoms with Crippen molar-refractivity contribution in [2.75, 3.05) is 19.6 Å². The second-order valence-electron chi connectivity index (χ2n) is 5.48. The quantitative estimate of drug-likeness (QED) is 0.847. The van der Waals surface area contributed by atoms with Crippen molar-refractivity contribution in [1.29, 1.82) is 0 Å². The highest BCUT2D eigenvalue weighted by atomic mass is 35.5. The molecule has 0 saturated carbocycles. The van der Waals surface area contributed by atoms with Crippen molar-refractivity contribution in [2.24, 2.45) is 5.92 Å². The van der Waals surface area contributed by atoms with Gasteiger partial charge in [-0.2, -0.15) is 0 Å². The highest BCUT2D eigenvalue weighted by Gasteiger charge is 2.14. The first kappa shape index (κ1) is 15.3. The Kier molecular flexibility index (Phi) is 6.34. The van der Waals surface area contributed by atoms with Crippen molar-refractivity contribution in [2.45, 2.75) is 32.1 Å². The predicted molar refractivity (Wildman–Crippen MR) is 83.0 cm³/mol. The lowest BCUT2D eigenvalue weighted by Gasteiger charge is -2.22. The average molecular weight is 295 g/mol. The minimum absolute atomic E-state index is 0.164. The van der Waals surface area contributed by atoms with Crippen molar-refractivity contribution >= 4 is 17.5 Å². The molecule has 110 valence electrons. The van der Waals surface area contributed by atoms with Crippen LogP contribution in [-0.2, 0) is 11.2 Å². The molecule has 4 heteroatoms. The lowest BCUT2D eigenvalue weighted by molar-refractivity contribution is -0.121. The number of nitrogens with one attached hydrogen (secondary N) is 2. The van der Waals surface area contributed by atoms with Crippen LogP contribution < -0.4 is 10.6 Å². The number of carbonyl (C=O) groups excluding carboxylic acids is 1. The number of amides is 1. The monoisotopic (exact) mass is 294 g/mol. The fourth-order valence-corrected chi connectivity index (χ4v) is 2.85. The minimum Gasteiger partial charge on any atom is -0.356 e. The summed E-state index contributed by atoms with van der Waals surface area (Å²) in [5.74, 6) is 0.833. The Labute approximate surface area is 126 Å². The number of piperidine rings is 1. The van der Waals surface area contributed by atoms with E-state index in [1.54, 1.807) is 0 Å². The molecule has 0 radical (unpaired) electrons. The van der Waals surface area contributed by atoms with Gasteiger partial charge in [0.2, 0.25) is 5.91 Å². The average Bonchev–Trinajstić information content (AvgIpc) is 2.46. The standard InChI is InChI=1S/C16H23ClN2O/c17-15-5-1-3-13(11-15)8-10-19-16(20)7-6-14-4-2-9-18-12-14/h1,3,5,11,14,18H,2,4,6-10,12H2,(H,19,20). The van der Waals surface area contributed by atoms with E-state index in [2.05, 4.69) is 10.6 Å². The van der Waals surface area contributed by atoms with E-state index in [0.29, 0.717) is 18.9 Å². The maximum atomic E-state index is 11.8. The van der Waals surface area contributed by atoms with E-state index in [0.717, 1.165) is 36.5 Å². The molecule has 2 N–H and O–H groups in total. The van der Waals surface area contributed by atoms with Gasteiger partial charge in [-0.25, -0.2) is 0 Å². The summed E-state index contributed by atoms with van der Waals surface area (Å²) in [6, 6.07) is 7.78. The van der Waals surface area contributed by atoms with Crippen molar-refractivity contribution in [3.05, 3.63) is 34.9 Å². The molecule has 3 nitrogen and oxygen atoms in total. The summed E-state index contributed by atoms with van der Waals surface area (Å²) in [6.45, 7) is 2.88. The zero-order valence-electron chi connectivity index (χ0n) is 11.8. The Morgan fingerprint density at radius 2 is 2.35 bits per heavy atom. The molecule has 1 atom stereocenters. The molecule has 1 fully saturated rings. The minimum atomic E-state index is 0.164. The molecule has 0 aromatic heterocycles. The van der Waals surface area contributed by atoms with E-state index in [4.69, 9.17) is 11.6 Å². The van der Waals surface area contributed by atoms with Crippen LogP contribution in [0.4, 0.5) is 0 Å². The van der Waals surface area contributed by atoms with Crippen molar-refractivity contribution in [3.8, 4) is 0 Å². The van der Waals surface area contributed by atoms with E-state index in [1.165, 1.54) is 12.8 Å². The lowest BCUT2D eigenvalue weighted by Crippen LogP contribution is -2.31. The van der Waals surface area contributed by atoms with Gasteiger partial charge in [0.25, 0.3) is 0 Å². The second kappa shape index (κ2) is 8.28. The first-order valence-electron chi connectivity index (χ1n) is 7.46. The van der Waals surface area contributed by atoms with E-state index in [-0.39, 0.29) is 5.91 Å². The molecular formula is C16H23ClN2O. The number of hydrogen-bond donors (Lipinski definition) is 2. The fourth-order valence-electron chi connectivity index (χ4n) is 2.63. The SMILES string of the molecule is O=C(CCC1CCCNC1)NCCc1cccc(Cl)c1. The molecule has 1 aliphatic heterocycles. The molecule has 20 heavy (non-hydrogen) atoms. The topological polar surface area (TPSA) is 41.1 Å². The predicted octanol–water partition coefficient (Wildman–Crippen LogP) is 2.78. The van der Waals surface area contributed by atoms with Gasteiger partial charge in [-0.1, -0.05) is 23.7 Å². The van der Waals surface area contributed by atoms with Crippen molar-refractivity contribution < 1.29 is 4.79 Å². The van der Waals surface area contributed by atoms with Gasteiger partial charge in [0.15, 0.2) is 0 Å². The van der Waals surface area contributed by atoms with Gasteiger partial charge in [0, 0.05) is 18.0 Å². The summed E-state index contributed by atoms with van der Waals surface area (Å²) in [5.41, 5.74) is 1.16. The number of rotatable bonds is 6. The molecule has 2 rings (SSSR count). The van der Waals surface area contributed by atoms with Crippen LogP contribution in [0.25, 0.3) is 0 Å². The Bertz CT molecular complexity index is 430. The fraction of sp³-hybridized carbons (Fsp3) is 0.562. The summed E-state index contributed by atoms with van der Waals surface area (Å²) in [4.78, 5) is 11.8. The smallest absolute Gasteiger partial charge is 0.220 e. The van der Waals surface area contributed by atoms with Gasteiger partial charge in [0.05, 0.1) is 0 Å². The molecule has 1 aliphatic rings. The van der Waals surface area contributed by atoms with E-state index < -0.39 is 0 Å². The molecular weight excluding hydrogens is 272 g/mol. The van der Waals surface area contributed by atoms with Crippen LogP contribution in [0, 0.1) is 5.92 Å². The van der Waals surface area contributed by atoms with E-state index in [9.17, 15) is 4.79 Å². The first-order chi connectivity index (χ1) is 9.74. The second-order valence-corrected chi connectivity index (χ2v) is 5.92. The summed E-state index contributed by atoms with van der Waals surface area (Å²) in [6.07, 6.45) is 4.96. The summed E-state index contributed by atoms with van der Waals surface area (Å²) in [7, 11) is 0. The summed E-state index contributed by atoms with van der Waals surface area (Å²) in [5, 5.41) is 7.12. The molecule has 0 spiro atoms. The number of halogens is 1. The molecule has 1 unspecified atom stereocenters. The van der Waals surface area contributed by atoms with Crippen LogP contribution in [0.3, 0.4) is 0 Å². The molecule has 1 aromatic rings. The Hall–Kier alpha value is -1.06. The van der Waals surface area contributed by atoms with Gasteiger partial charge in [-0.15, -0.1) is 0 Å². The largest absolute Gasteiger partial charge is 0.356 e. The van der Waals surface area contributed by atoms with Crippen LogP contribution >= 0.6 is 11.6 Å². The van der Waals surface area contributed by atoms with Crippen LogP contribution in [0.1, 0.15) is 31.2 Å². The third-order valence-corrected chi connectivity index (χ3v) is 4.04. The number of carbonyl (C=O) groups is 1. The third-order valence-electron chi connectivity index (χ3n) is 3.80. The maximum absolute atomic E-state index is 11.8. The summed E-state index contributed by atoms with van der Waals surface area (Å²) < 4.78 is 0. The number of hydrogen-bond acceptors (Lipinski definition) is 2. The third kappa shape index (κ3) is 5.51. The zero-order chi connectivity index (χ0) is 14.2. The van der Waals surface area contributed by atoms with Gasteiger partial charge >= 0.3 is 0 Å². The van der Waals surface area contributed by atoms with Crippen LogP contribution in [-0.4, -0.2) is 25.5 Å². The first-order valence-corrected chi connectivity index (χ1v) is 7.83. The van der Waals surface area contributed by atoms with Crippen molar-refractivity contribution in [1.82, 2.24) is 10.6 Å². The lowest BCUT2D eigenvalue weighted by atomic mass is 9.94. The normalized spacial score (nSPS) is 18.8. The Balaban J connectivity index is 1.60. The molecule has 0 bridgehead atoms. The highest BCUT2D eigenvalue weighted by Crippen LogP contribution is 2.15. The van der Waals surface area contributed by atoms with Crippen LogP contribution in [0.15, 0.2) is 24.3 Å². The van der Waals surface area contributed by atoms with E-state index >= 15 is 0 Å². The Morgan fingerprint density at radius 1 is 1.45 bits per heavy atom. The molecule has 1 saturated heterocycles. The molecule has 1 aromatic carbocycles. The number of benzene rings is 1. The molecule has 0 aliphatic carbocycles. The molecule has 1 amide bonds. The van der Waals surface area contributed by atoms with Crippen molar-refractivity contribution in [3.63, 3.8) is 0 Å². The Morgan fingerprint density at radius 3 is 3.10 bits per heavy atom. The molecule has 1 heterocycles. The van der Waals surface area contributed by atoms with Crippen LogP contribution in [0.2, 0.25) is 5.02 Å². The van der Waals surface area contributed by atoms with Gasteiger partial charge in [-0.3, -0.25) is 4.79 Å². The van der Waals surface area contributed by atoms with Gasteiger partial charge in [0.1, 0.15) is 0 Å². The summed E-state index contributed by atoms with van der Waals surface area (Å²) >= 11 is 5.93.